The monoisotopic (exact) mass is 237 g/mol. The van der Waals surface area contributed by atoms with Crippen LogP contribution in [0.3, 0.4) is 0 Å². The van der Waals surface area contributed by atoms with Crippen molar-refractivity contribution < 1.29 is 0 Å². The van der Waals surface area contributed by atoms with E-state index in [1.165, 1.54) is 6.42 Å². The minimum Gasteiger partial charge on any atom is -0.370 e. The maximum Gasteiger partial charge on any atom is 0.224 e. The third kappa shape index (κ3) is 6.06. The molecule has 0 aliphatic carbocycles. The number of hydrogen-bond acceptors (Lipinski definition) is 5. The number of nitrogens with zero attached hydrogens (tertiary/aromatic N) is 3. The highest BCUT2D eigenvalue weighted by Gasteiger charge is 1.98. The predicted octanol–water partition coefficient (Wildman–Crippen LogP) is 1.66. The Bertz CT molecular complexity index is 314. The fourth-order valence-electron chi connectivity index (χ4n) is 1.33. The van der Waals surface area contributed by atoms with E-state index in [2.05, 4.69) is 32.4 Å². The first-order chi connectivity index (χ1) is 8.22. The zero-order valence-electron chi connectivity index (χ0n) is 11.0. The van der Waals surface area contributed by atoms with Gasteiger partial charge in [0, 0.05) is 25.8 Å². The summed E-state index contributed by atoms with van der Waals surface area (Å²) in [5.74, 6) is 1.58. The second-order valence-corrected chi connectivity index (χ2v) is 4.28. The van der Waals surface area contributed by atoms with Crippen LogP contribution in [0.25, 0.3) is 0 Å². The Labute approximate surface area is 104 Å². The van der Waals surface area contributed by atoms with Crippen LogP contribution in [0.15, 0.2) is 12.3 Å². The molecule has 1 aromatic heterocycles. The zero-order chi connectivity index (χ0) is 12.5. The van der Waals surface area contributed by atoms with E-state index in [1.807, 2.05) is 20.2 Å². The summed E-state index contributed by atoms with van der Waals surface area (Å²) in [5, 5.41) is 6.49. The first kappa shape index (κ1) is 13.7. The molecule has 0 atom stereocenters. The number of hydrogen-bond donors (Lipinski definition) is 2. The van der Waals surface area contributed by atoms with Crippen molar-refractivity contribution in [2.45, 2.75) is 19.8 Å². The molecule has 5 heteroatoms. The van der Waals surface area contributed by atoms with Crippen molar-refractivity contribution >= 4 is 11.8 Å². The molecule has 1 aromatic rings. The summed E-state index contributed by atoms with van der Waals surface area (Å²) in [6.07, 6.45) is 4.12. The van der Waals surface area contributed by atoms with E-state index in [1.54, 1.807) is 6.20 Å². The zero-order valence-corrected chi connectivity index (χ0v) is 11.0. The lowest BCUT2D eigenvalue weighted by Gasteiger charge is -2.11. The summed E-state index contributed by atoms with van der Waals surface area (Å²) in [7, 11) is 4.09. The minimum atomic E-state index is 0.688. The van der Waals surface area contributed by atoms with E-state index in [-0.39, 0.29) is 0 Å². The topological polar surface area (TPSA) is 53.1 Å². The third-order valence-electron chi connectivity index (χ3n) is 2.33. The second kappa shape index (κ2) is 7.84. The van der Waals surface area contributed by atoms with Gasteiger partial charge in [-0.15, -0.1) is 0 Å². The summed E-state index contributed by atoms with van der Waals surface area (Å²) >= 11 is 0. The third-order valence-corrected chi connectivity index (χ3v) is 2.33. The highest BCUT2D eigenvalue weighted by atomic mass is 15.2. The molecule has 0 spiro atoms. The maximum atomic E-state index is 4.39. The molecule has 1 heterocycles. The molecule has 17 heavy (non-hydrogen) atoms. The fraction of sp³-hybridized carbons (Fsp3) is 0.667. The lowest BCUT2D eigenvalue weighted by atomic mass is 10.3. The van der Waals surface area contributed by atoms with E-state index in [9.17, 15) is 0 Å². The van der Waals surface area contributed by atoms with Crippen LogP contribution >= 0.6 is 0 Å². The van der Waals surface area contributed by atoms with Crippen LogP contribution in [-0.4, -0.2) is 48.6 Å². The van der Waals surface area contributed by atoms with Gasteiger partial charge in [-0.2, -0.15) is 4.98 Å². The molecule has 96 valence electrons. The van der Waals surface area contributed by atoms with Crippen molar-refractivity contribution in [3.05, 3.63) is 12.3 Å². The number of anilines is 2. The average Bonchev–Trinajstić information content (AvgIpc) is 2.29. The van der Waals surface area contributed by atoms with Crippen molar-refractivity contribution in [2.75, 3.05) is 44.4 Å². The standard InChI is InChI=1S/C12H23N5/c1-4-5-7-13-11-6-8-14-12(16-11)15-9-10-17(2)3/h6,8H,4-5,7,9-10H2,1-3H3,(H2,13,14,15,16). The van der Waals surface area contributed by atoms with Crippen LogP contribution in [0, 0.1) is 0 Å². The molecule has 2 N–H and O–H groups in total. The molecule has 0 amide bonds. The Morgan fingerprint density at radius 2 is 2.06 bits per heavy atom. The molecular formula is C12H23N5. The van der Waals surface area contributed by atoms with Crippen LogP contribution in [0.1, 0.15) is 19.8 Å². The van der Waals surface area contributed by atoms with Gasteiger partial charge in [-0.3, -0.25) is 0 Å². The Morgan fingerprint density at radius 1 is 1.24 bits per heavy atom. The number of aromatic nitrogens is 2. The largest absolute Gasteiger partial charge is 0.370 e. The maximum absolute atomic E-state index is 4.39. The molecule has 0 aromatic carbocycles. The molecule has 0 unspecified atom stereocenters. The number of unbranched alkanes of at least 4 members (excludes halogenated alkanes) is 1. The Kier molecular flexibility index (Phi) is 6.32. The Morgan fingerprint density at radius 3 is 2.76 bits per heavy atom. The van der Waals surface area contributed by atoms with Crippen LogP contribution < -0.4 is 10.6 Å². The van der Waals surface area contributed by atoms with Crippen LogP contribution in [0.5, 0.6) is 0 Å². The number of nitrogens with one attached hydrogen (secondary N) is 2. The van der Waals surface area contributed by atoms with Gasteiger partial charge in [-0.1, -0.05) is 13.3 Å². The molecule has 0 aliphatic heterocycles. The quantitative estimate of drug-likeness (QED) is 0.674. The lowest BCUT2D eigenvalue weighted by molar-refractivity contribution is 0.425. The highest BCUT2D eigenvalue weighted by Crippen LogP contribution is 2.05. The Balaban J connectivity index is 2.37. The average molecular weight is 237 g/mol. The van der Waals surface area contributed by atoms with Crippen molar-refractivity contribution in [2.24, 2.45) is 0 Å². The van der Waals surface area contributed by atoms with Crippen molar-refractivity contribution in [3.8, 4) is 0 Å². The lowest BCUT2D eigenvalue weighted by Crippen LogP contribution is -2.21. The SMILES string of the molecule is CCCCNc1ccnc(NCCN(C)C)n1. The molecule has 0 radical (unpaired) electrons. The molecule has 0 bridgehead atoms. The number of rotatable bonds is 8. The molecule has 5 nitrogen and oxygen atoms in total. The van der Waals surface area contributed by atoms with E-state index < -0.39 is 0 Å². The molecule has 1 rings (SSSR count). The van der Waals surface area contributed by atoms with Gasteiger partial charge in [0.2, 0.25) is 5.95 Å². The van der Waals surface area contributed by atoms with Gasteiger partial charge in [0.25, 0.3) is 0 Å². The van der Waals surface area contributed by atoms with Crippen molar-refractivity contribution in [1.82, 2.24) is 14.9 Å². The summed E-state index contributed by atoms with van der Waals surface area (Å²) < 4.78 is 0. The first-order valence-electron chi connectivity index (χ1n) is 6.18. The van der Waals surface area contributed by atoms with Gasteiger partial charge in [-0.05, 0) is 26.6 Å². The molecule has 0 saturated heterocycles. The highest BCUT2D eigenvalue weighted by molar-refractivity contribution is 5.39. The van der Waals surface area contributed by atoms with Crippen LogP contribution in [0.2, 0.25) is 0 Å². The molecule has 0 saturated carbocycles. The van der Waals surface area contributed by atoms with E-state index in [0.717, 1.165) is 31.9 Å². The van der Waals surface area contributed by atoms with E-state index in [0.29, 0.717) is 5.95 Å². The fourth-order valence-corrected chi connectivity index (χ4v) is 1.33. The van der Waals surface area contributed by atoms with E-state index >= 15 is 0 Å². The Hall–Kier alpha value is -1.36. The summed E-state index contributed by atoms with van der Waals surface area (Å²) in [6.45, 7) is 4.96. The van der Waals surface area contributed by atoms with Gasteiger partial charge >= 0.3 is 0 Å². The summed E-state index contributed by atoms with van der Waals surface area (Å²) in [6, 6.07) is 1.90. The first-order valence-corrected chi connectivity index (χ1v) is 6.18. The van der Waals surface area contributed by atoms with E-state index in [4.69, 9.17) is 0 Å². The summed E-state index contributed by atoms with van der Waals surface area (Å²) in [4.78, 5) is 10.7. The van der Waals surface area contributed by atoms with Crippen LogP contribution in [-0.2, 0) is 0 Å². The van der Waals surface area contributed by atoms with Gasteiger partial charge in [0.05, 0.1) is 0 Å². The normalized spacial score (nSPS) is 10.6. The van der Waals surface area contributed by atoms with Gasteiger partial charge < -0.3 is 15.5 Å². The van der Waals surface area contributed by atoms with Crippen LogP contribution in [0.4, 0.5) is 11.8 Å². The molecule has 0 fully saturated rings. The van der Waals surface area contributed by atoms with Crippen molar-refractivity contribution in [3.63, 3.8) is 0 Å². The molecule has 0 aliphatic rings. The number of likely N-dealkylation sites (N-methyl/N-ethyl adjacent to an activating group) is 1. The van der Waals surface area contributed by atoms with Gasteiger partial charge in [0.15, 0.2) is 0 Å². The smallest absolute Gasteiger partial charge is 0.224 e. The summed E-state index contributed by atoms with van der Waals surface area (Å²) in [5.41, 5.74) is 0. The second-order valence-electron chi connectivity index (χ2n) is 4.28. The molecular weight excluding hydrogens is 214 g/mol. The minimum absolute atomic E-state index is 0.688. The predicted molar refractivity (Wildman–Crippen MR) is 72.5 cm³/mol. The van der Waals surface area contributed by atoms with Gasteiger partial charge in [0.1, 0.15) is 5.82 Å². The van der Waals surface area contributed by atoms with Crippen molar-refractivity contribution in [1.29, 1.82) is 0 Å². The van der Waals surface area contributed by atoms with Gasteiger partial charge in [-0.25, -0.2) is 4.98 Å².